The Kier molecular flexibility index (Phi) is 8.24. The Morgan fingerprint density at radius 1 is 1.16 bits per heavy atom. The molecule has 234 valence electrons. The molecule has 0 bridgehead atoms. The van der Waals surface area contributed by atoms with Crippen LogP contribution in [0.3, 0.4) is 0 Å². The third kappa shape index (κ3) is 5.17. The smallest absolute Gasteiger partial charge is 0.434 e. The van der Waals surface area contributed by atoms with Crippen LogP contribution in [0.4, 0.5) is 9.18 Å². The number of hydrogen-bond donors (Lipinski definition) is 1. The van der Waals surface area contributed by atoms with E-state index in [1.807, 2.05) is 6.92 Å². The molecule has 0 heterocycles. The Morgan fingerprint density at radius 3 is 2.53 bits per heavy atom. The predicted molar refractivity (Wildman–Crippen MR) is 153 cm³/mol. The number of benzene rings is 1. The third-order valence-electron chi connectivity index (χ3n) is 10.4. The first kappa shape index (κ1) is 31.5. The molecule has 0 spiro atoms. The van der Waals surface area contributed by atoms with E-state index >= 15 is 4.39 Å². The Morgan fingerprint density at radius 2 is 1.86 bits per heavy atom. The zero-order valence-electron chi connectivity index (χ0n) is 24.9. The number of ether oxygens (including phenoxy) is 2. The highest BCUT2D eigenvalue weighted by atomic mass is 32.2. The average molecular weight is 619 g/mol. The summed E-state index contributed by atoms with van der Waals surface area (Å²) in [5.41, 5.74) is -2.77. The zero-order chi connectivity index (χ0) is 31.4. The van der Waals surface area contributed by atoms with Gasteiger partial charge in [-0.3, -0.25) is 13.8 Å². The van der Waals surface area contributed by atoms with Crippen LogP contribution in [0.2, 0.25) is 0 Å². The summed E-state index contributed by atoms with van der Waals surface area (Å²) in [4.78, 5) is 39.0. The van der Waals surface area contributed by atoms with E-state index in [4.69, 9.17) is 13.7 Å². The molecule has 5 rings (SSSR count). The number of ketones is 2. The van der Waals surface area contributed by atoms with Crippen molar-refractivity contribution >= 4 is 27.8 Å². The molecule has 4 aliphatic rings. The molecule has 9 nitrogen and oxygen atoms in total. The fourth-order valence-corrected chi connectivity index (χ4v) is 9.25. The minimum absolute atomic E-state index is 0.0257. The maximum Gasteiger partial charge on any atom is 0.509 e. The van der Waals surface area contributed by atoms with Crippen molar-refractivity contribution in [3.63, 3.8) is 0 Å². The van der Waals surface area contributed by atoms with Crippen LogP contribution in [0, 0.1) is 35.5 Å². The number of fused-ring (bicyclic) bond motifs is 5. The molecule has 11 heteroatoms. The van der Waals surface area contributed by atoms with E-state index in [1.54, 1.807) is 39.0 Å². The molecule has 0 aliphatic heterocycles. The lowest BCUT2D eigenvalue weighted by molar-refractivity contribution is -0.185. The van der Waals surface area contributed by atoms with Crippen LogP contribution in [0.25, 0.3) is 0 Å². The molecule has 3 fully saturated rings. The van der Waals surface area contributed by atoms with Crippen molar-refractivity contribution in [1.82, 2.24) is 0 Å². The van der Waals surface area contributed by atoms with Crippen LogP contribution in [-0.2, 0) is 33.4 Å². The van der Waals surface area contributed by atoms with E-state index in [1.165, 1.54) is 24.3 Å². The summed E-state index contributed by atoms with van der Waals surface area (Å²) in [6.45, 7) is 6.33. The number of Topliss-reactive ketones (excluding diaryl/α,β-unsaturated/α-hetero) is 1. The highest BCUT2D eigenvalue weighted by molar-refractivity contribution is 7.86. The van der Waals surface area contributed by atoms with Crippen molar-refractivity contribution in [3.8, 4) is 0 Å². The molecule has 0 saturated heterocycles. The van der Waals surface area contributed by atoms with Crippen LogP contribution in [-0.4, -0.2) is 62.3 Å². The number of carbonyl (C=O) groups excluding carboxylic acids is 3. The molecular formula is C32H39FO9S. The van der Waals surface area contributed by atoms with Crippen molar-refractivity contribution in [2.24, 2.45) is 28.6 Å². The molecule has 1 unspecified atom stereocenters. The molecule has 0 aromatic heterocycles. The third-order valence-corrected chi connectivity index (χ3v) is 11.7. The molecule has 0 radical (unpaired) electrons. The van der Waals surface area contributed by atoms with Crippen molar-refractivity contribution < 1.29 is 46.0 Å². The van der Waals surface area contributed by atoms with Crippen LogP contribution in [0.15, 0.2) is 53.0 Å². The molecule has 1 aromatic carbocycles. The Bertz CT molecular complexity index is 1470. The van der Waals surface area contributed by atoms with Gasteiger partial charge in [0.1, 0.15) is 12.8 Å². The van der Waals surface area contributed by atoms with Gasteiger partial charge in [-0.15, -0.1) is 0 Å². The fourth-order valence-electron chi connectivity index (χ4n) is 8.38. The average Bonchev–Trinajstić information content (AvgIpc) is 3.23. The number of carbonyl (C=O) groups is 3. The largest absolute Gasteiger partial charge is 0.509 e. The molecule has 1 N–H and O–H groups in total. The Hall–Kier alpha value is -2.89. The minimum Gasteiger partial charge on any atom is -0.434 e. The summed E-state index contributed by atoms with van der Waals surface area (Å²) in [5, 5.41) is 11.7. The number of aryl methyl sites for hydroxylation is 1. The first-order chi connectivity index (χ1) is 20.2. The summed E-state index contributed by atoms with van der Waals surface area (Å²) in [6.07, 6.45) is 1.83. The Labute approximate surface area is 251 Å². The van der Waals surface area contributed by atoms with Gasteiger partial charge in [0.15, 0.2) is 11.4 Å². The number of halogens is 1. The highest BCUT2D eigenvalue weighted by Crippen LogP contribution is 2.68. The van der Waals surface area contributed by atoms with Crippen LogP contribution in [0.5, 0.6) is 0 Å². The lowest BCUT2D eigenvalue weighted by Gasteiger charge is -2.60. The second-order valence-corrected chi connectivity index (χ2v) is 14.4. The summed E-state index contributed by atoms with van der Waals surface area (Å²) in [7, 11) is -4.32. The van der Waals surface area contributed by atoms with Crippen molar-refractivity contribution in [1.29, 1.82) is 0 Å². The number of allylic oxidation sites excluding steroid dienone is 4. The molecule has 0 amide bonds. The molecule has 3 saturated carbocycles. The quantitative estimate of drug-likeness (QED) is 0.322. The van der Waals surface area contributed by atoms with E-state index < -0.39 is 69.2 Å². The maximum absolute atomic E-state index is 15.8. The zero-order valence-corrected chi connectivity index (χ0v) is 25.7. The van der Waals surface area contributed by atoms with Gasteiger partial charge in [-0.25, -0.2) is 9.18 Å². The second kappa shape index (κ2) is 11.2. The maximum atomic E-state index is 15.8. The van der Waals surface area contributed by atoms with Gasteiger partial charge in [-0.2, -0.15) is 8.42 Å². The fraction of sp³-hybridized carbons (Fsp3) is 0.594. The van der Waals surface area contributed by atoms with Crippen molar-refractivity contribution in [2.45, 2.75) is 82.6 Å². The SMILES string of the molecule is CCCOC(=O)O[C@]1(C(=O)COS(=O)(=O)c2ccc(C)cc2)CC[C@H]2[C@@H]3C[C@H](F)C4=CC(=O)C=C[C@]4(C)[C@H]3C(O)C[C@@]21C. The number of aliphatic hydroxyl groups is 1. The van der Waals surface area contributed by atoms with E-state index in [0.717, 1.165) is 5.56 Å². The molecule has 4 aliphatic carbocycles. The van der Waals surface area contributed by atoms with Gasteiger partial charge >= 0.3 is 6.16 Å². The summed E-state index contributed by atoms with van der Waals surface area (Å²) < 4.78 is 57.9. The van der Waals surface area contributed by atoms with Gasteiger partial charge in [0.05, 0.1) is 17.6 Å². The first-order valence-corrected chi connectivity index (χ1v) is 16.2. The van der Waals surface area contributed by atoms with Gasteiger partial charge in [0.25, 0.3) is 10.1 Å². The van der Waals surface area contributed by atoms with E-state index in [9.17, 15) is 27.9 Å². The van der Waals surface area contributed by atoms with Gasteiger partial charge in [-0.1, -0.05) is 44.5 Å². The van der Waals surface area contributed by atoms with Crippen LogP contribution < -0.4 is 0 Å². The standard InChI is InChI=1S/C32H39FO9S/c1-5-14-40-29(37)42-32(27(36)18-41-43(38,39)21-8-6-19(2)7-9-21)13-11-23-22-16-25(33)24-15-20(34)10-12-30(24,3)28(22)26(35)17-31(23,32)4/h6-10,12,15,22-23,25-26,28,35H,5,11,13-14,16-18H2,1-4H3/t22-,23-,25-,26?,28+,30-,31-,32-/m0/s1. The number of rotatable bonds is 8. The van der Waals surface area contributed by atoms with Crippen molar-refractivity contribution in [2.75, 3.05) is 13.2 Å². The number of alkyl halides is 1. The summed E-state index contributed by atoms with van der Waals surface area (Å²) in [5.74, 6) is -2.28. The van der Waals surface area contributed by atoms with Crippen molar-refractivity contribution in [3.05, 3.63) is 53.6 Å². The van der Waals surface area contributed by atoms with E-state index in [-0.39, 0.29) is 42.5 Å². The second-order valence-electron chi connectivity index (χ2n) is 12.8. The predicted octanol–water partition coefficient (Wildman–Crippen LogP) is 4.80. The van der Waals surface area contributed by atoms with Gasteiger partial charge in [0.2, 0.25) is 5.78 Å². The molecule has 43 heavy (non-hydrogen) atoms. The van der Waals surface area contributed by atoms with Gasteiger partial charge < -0.3 is 14.6 Å². The van der Waals surface area contributed by atoms with E-state index in [2.05, 4.69) is 0 Å². The van der Waals surface area contributed by atoms with Crippen LogP contribution in [0.1, 0.15) is 58.4 Å². The lowest BCUT2D eigenvalue weighted by atomic mass is 9.46. The molecule has 1 aromatic rings. The lowest BCUT2D eigenvalue weighted by Crippen LogP contribution is -2.64. The first-order valence-electron chi connectivity index (χ1n) is 14.8. The molecule has 8 atom stereocenters. The molecular weight excluding hydrogens is 579 g/mol. The van der Waals surface area contributed by atoms with Gasteiger partial charge in [-0.05, 0) is 80.7 Å². The van der Waals surface area contributed by atoms with E-state index in [0.29, 0.717) is 18.4 Å². The normalized spacial score (nSPS) is 36.7. The Balaban J connectivity index is 1.49. The monoisotopic (exact) mass is 618 g/mol. The minimum atomic E-state index is -4.32. The summed E-state index contributed by atoms with van der Waals surface area (Å²) >= 11 is 0. The number of hydrogen-bond acceptors (Lipinski definition) is 9. The van der Waals surface area contributed by atoms with Gasteiger partial charge in [0, 0.05) is 16.7 Å². The summed E-state index contributed by atoms with van der Waals surface area (Å²) in [6, 6.07) is 5.97. The van der Waals surface area contributed by atoms with Crippen LogP contribution >= 0.6 is 0 Å². The topological polar surface area (TPSA) is 133 Å². The highest BCUT2D eigenvalue weighted by Gasteiger charge is 2.71. The number of aliphatic hydroxyl groups excluding tert-OH is 1.